The SMILES string of the molecule is CC1(S)CCCS1. The maximum Gasteiger partial charge on any atom is 0.0553 e. The molecule has 0 saturated carbocycles. The first-order chi connectivity index (χ1) is 3.21. The summed E-state index contributed by atoms with van der Waals surface area (Å²) in [7, 11) is 0. The van der Waals surface area contributed by atoms with Crippen molar-refractivity contribution in [2.45, 2.75) is 23.8 Å². The lowest BCUT2D eigenvalue weighted by atomic mass is 10.3. The Balaban J connectivity index is 2.40. The number of hydrogen-bond acceptors (Lipinski definition) is 2. The Morgan fingerprint density at radius 1 is 1.71 bits per heavy atom. The first-order valence-electron chi connectivity index (χ1n) is 2.57. The molecule has 1 atom stereocenters. The first kappa shape index (κ1) is 5.83. The Labute approximate surface area is 54.5 Å². The zero-order valence-electron chi connectivity index (χ0n) is 4.48. The minimum atomic E-state index is 0.306. The minimum Gasteiger partial charge on any atom is -0.162 e. The summed E-state index contributed by atoms with van der Waals surface area (Å²) in [6.07, 6.45) is 2.63. The van der Waals surface area contributed by atoms with E-state index in [1.807, 2.05) is 11.8 Å². The predicted molar refractivity (Wildman–Crippen MR) is 39.1 cm³/mol. The second-order valence-corrected chi connectivity index (χ2v) is 5.01. The van der Waals surface area contributed by atoms with Crippen LogP contribution in [0.1, 0.15) is 19.8 Å². The molecule has 0 aliphatic carbocycles. The van der Waals surface area contributed by atoms with Crippen LogP contribution in [0.3, 0.4) is 0 Å². The smallest absolute Gasteiger partial charge is 0.0553 e. The highest BCUT2D eigenvalue weighted by Crippen LogP contribution is 2.40. The van der Waals surface area contributed by atoms with E-state index >= 15 is 0 Å². The standard InChI is InChI=1S/C5H10S2/c1-5(6)3-2-4-7-5/h6H,2-4H2,1H3. The molecule has 7 heavy (non-hydrogen) atoms. The molecule has 0 N–H and O–H groups in total. The van der Waals surface area contributed by atoms with Gasteiger partial charge in [0.15, 0.2) is 0 Å². The third-order valence-corrected chi connectivity index (χ3v) is 3.13. The average molecular weight is 134 g/mol. The van der Waals surface area contributed by atoms with Gasteiger partial charge >= 0.3 is 0 Å². The number of thiol groups is 1. The van der Waals surface area contributed by atoms with E-state index in [2.05, 4.69) is 19.6 Å². The fraction of sp³-hybridized carbons (Fsp3) is 1.00. The largest absolute Gasteiger partial charge is 0.162 e. The molecule has 1 aliphatic heterocycles. The van der Waals surface area contributed by atoms with Gasteiger partial charge in [-0.15, -0.1) is 11.8 Å². The second kappa shape index (κ2) is 1.90. The number of hydrogen-bond donors (Lipinski definition) is 1. The molecule has 0 radical (unpaired) electrons. The van der Waals surface area contributed by atoms with Crippen molar-refractivity contribution in [1.82, 2.24) is 0 Å². The van der Waals surface area contributed by atoms with Crippen LogP contribution in [0.4, 0.5) is 0 Å². The van der Waals surface area contributed by atoms with E-state index < -0.39 is 0 Å². The second-order valence-electron chi connectivity index (χ2n) is 2.13. The van der Waals surface area contributed by atoms with Crippen LogP contribution in [0.25, 0.3) is 0 Å². The topological polar surface area (TPSA) is 0 Å². The lowest BCUT2D eigenvalue weighted by Crippen LogP contribution is -2.02. The van der Waals surface area contributed by atoms with Crippen LogP contribution >= 0.6 is 24.4 Å². The van der Waals surface area contributed by atoms with Crippen molar-refractivity contribution in [3.05, 3.63) is 0 Å². The van der Waals surface area contributed by atoms with E-state index in [4.69, 9.17) is 0 Å². The van der Waals surface area contributed by atoms with Gasteiger partial charge in [-0.3, -0.25) is 0 Å². The van der Waals surface area contributed by atoms with Crippen LogP contribution in [-0.2, 0) is 0 Å². The number of thioether (sulfide) groups is 1. The molecule has 0 spiro atoms. The molecule has 1 aliphatic rings. The molecule has 42 valence electrons. The van der Waals surface area contributed by atoms with Crippen LogP contribution < -0.4 is 0 Å². The van der Waals surface area contributed by atoms with Gasteiger partial charge in [-0.2, -0.15) is 12.6 Å². The van der Waals surface area contributed by atoms with Gasteiger partial charge in [-0.1, -0.05) is 0 Å². The van der Waals surface area contributed by atoms with Crippen molar-refractivity contribution in [1.29, 1.82) is 0 Å². The molecular weight excluding hydrogens is 124 g/mol. The lowest BCUT2D eigenvalue weighted by Gasteiger charge is -2.11. The molecule has 2 heteroatoms. The van der Waals surface area contributed by atoms with Gasteiger partial charge in [-0.25, -0.2) is 0 Å². The third kappa shape index (κ3) is 1.57. The Morgan fingerprint density at radius 2 is 2.43 bits per heavy atom. The molecule has 0 bridgehead atoms. The van der Waals surface area contributed by atoms with E-state index in [0.29, 0.717) is 4.08 Å². The van der Waals surface area contributed by atoms with Gasteiger partial charge in [0.1, 0.15) is 0 Å². The molecule has 1 fully saturated rings. The molecule has 1 unspecified atom stereocenters. The minimum absolute atomic E-state index is 0.306. The maximum atomic E-state index is 4.41. The van der Waals surface area contributed by atoms with Crippen molar-refractivity contribution in [3.63, 3.8) is 0 Å². The van der Waals surface area contributed by atoms with Crippen molar-refractivity contribution >= 4 is 24.4 Å². The zero-order valence-corrected chi connectivity index (χ0v) is 6.19. The predicted octanol–water partition coefficient (Wildman–Crippen LogP) is 2.16. The summed E-state index contributed by atoms with van der Waals surface area (Å²) >= 11 is 6.38. The van der Waals surface area contributed by atoms with E-state index in [-0.39, 0.29) is 0 Å². The fourth-order valence-electron chi connectivity index (χ4n) is 0.764. The molecule has 0 aromatic rings. The molecule has 0 nitrogen and oxygen atoms in total. The maximum absolute atomic E-state index is 4.41. The summed E-state index contributed by atoms with van der Waals surface area (Å²) in [5, 5.41) is 0. The quantitative estimate of drug-likeness (QED) is 0.495. The Hall–Kier alpha value is 0.700. The molecule has 0 aromatic carbocycles. The Bertz CT molecular complexity index is 60.5. The summed E-state index contributed by atoms with van der Waals surface area (Å²) in [5.41, 5.74) is 0. The van der Waals surface area contributed by atoms with Crippen molar-refractivity contribution < 1.29 is 0 Å². The highest BCUT2D eigenvalue weighted by Gasteiger charge is 2.23. The lowest BCUT2D eigenvalue weighted by molar-refractivity contribution is 0.800. The van der Waals surface area contributed by atoms with Crippen LogP contribution in [0.15, 0.2) is 0 Å². The van der Waals surface area contributed by atoms with Gasteiger partial charge < -0.3 is 0 Å². The fourth-order valence-corrected chi connectivity index (χ4v) is 2.21. The van der Waals surface area contributed by atoms with E-state index in [1.165, 1.54) is 18.6 Å². The van der Waals surface area contributed by atoms with Crippen LogP contribution in [-0.4, -0.2) is 9.83 Å². The van der Waals surface area contributed by atoms with E-state index in [0.717, 1.165) is 0 Å². The van der Waals surface area contributed by atoms with Crippen LogP contribution in [0, 0.1) is 0 Å². The van der Waals surface area contributed by atoms with Gasteiger partial charge in [0.25, 0.3) is 0 Å². The summed E-state index contributed by atoms with van der Waals surface area (Å²) in [4.78, 5) is 0. The van der Waals surface area contributed by atoms with Gasteiger partial charge in [0.2, 0.25) is 0 Å². The van der Waals surface area contributed by atoms with Crippen LogP contribution in [0.5, 0.6) is 0 Å². The van der Waals surface area contributed by atoms with E-state index in [9.17, 15) is 0 Å². The van der Waals surface area contributed by atoms with Gasteiger partial charge in [-0.05, 0) is 25.5 Å². The Morgan fingerprint density at radius 3 is 2.57 bits per heavy atom. The molecule has 0 amide bonds. The monoisotopic (exact) mass is 134 g/mol. The molecule has 1 saturated heterocycles. The van der Waals surface area contributed by atoms with Crippen molar-refractivity contribution in [2.24, 2.45) is 0 Å². The van der Waals surface area contributed by atoms with Crippen molar-refractivity contribution in [2.75, 3.05) is 5.75 Å². The summed E-state index contributed by atoms with van der Waals surface area (Å²) < 4.78 is 0.306. The number of rotatable bonds is 0. The average Bonchev–Trinajstić information content (AvgIpc) is 1.84. The van der Waals surface area contributed by atoms with Gasteiger partial charge in [0.05, 0.1) is 4.08 Å². The van der Waals surface area contributed by atoms with E-state index in [1.54, 1.807) is 0 Å². The van der Waals surface area contributed by atoms with Crippen LogP contribution in [0.2, 0.25) is 0 Å². The first-order valence-corrected chi connectivity index (χ1v) is 4.00. The van der Waals surface area contributed by atoms with Crippen molar-refractivity contribution in [3.8, 4) is 0 Å². The molecule has 1 heterocycles. The normalized spacial score (nSPS) is 42.0. The summed E-state index contributed by atoms with van der Waals surface area (Å²) in [5.74, 6) is 1.31. The highest BCUT2D eigenvalue weighted by molar-refractivity contribution is 8.11. The zero-order chi connectivity index (χ0) is 5.33. The third-order valence-electron chi connectivity index (χ3n) is 1.20. The highest BCUT2D eigenvalue weighted by atomic mass is 32.2. The summed E-state index contributed by atoms with van der Waals surface area (Å²) in [6.45, 7) is 2.19. The molecule has 0 aromatic heterocycles. The molecule has 1 rings (SSSR count). The molecular formula is C5H10S2. The van der Waals surface area contributed by atoms with Gasteiger partial charge in [0, 0.05) is 0 Å². The Kier molecular flexibility index (Phi) is 1.58. The summed E-state index contributed by atoms with van der Waals surface area (Å²) in [6, 6.07) is 0.